The molecule has 1 aliphatic rings. The van der Waals surface area contributed by atoms with E-state index in [9.17, 15) is 4.79 Å². The highest BCUT2D eigenvalue weighted by atomic mass is 32.1. The van der Waals surface area contributed by atoms with E-state index in [-0.39, 0.29) is 11.0 Å². The monoisotopic (exact) mass is 360 g/mol. The topological polar surface area (TPSA) is 51.0 Å². The Balaban J connectivity index is 1.54. The summed E-state index contributed by atoms with van der Waals surface area (Å²) in [6.45, 7) is 12.2. The van der Waals surface area contributed by atoms with Crippen LogP contribution in [0, 0.1) is 12.8 Å². The van der Waals surface area contributed by atoms with Crippen molar-refractivity contribution in [2.45, 2.75) is 59.0 Å². The van der Waals surface area contributed by atoms with Gasteiger partial charge in [0.25, 0.3) is 5.56 Å². The SMILES string of the molecule is Cc1nc(CN2CCC(Cn3cnc(C(C)(C)C)cc3=O)CC2)cs1. The number of aromatic nitrogens is 3. The van der Waals surface area contributed by atoms with Gasteiger partial charge in [0.1, 0.15) is 0 Å². The van der Waals surface area contributed by atoms with Crippen LogP contribution in [0.5, 0.6) is 0 Å². The second-order valence-electron chi connectivity index (χ2n) is 8.09. The molecule has 2 aromatic rings. The van der Waals surface area contributed by atoms with Crippen molar-refractivity contribution in [3.8, 4) is 0 Å². The minimum atomic E-state index is -0.0857. The van der Waals surface area contributed by atoms with Crippen LogP contribution in [0.3, 0.4) is 0 Å². The minimum Gasteiger partial charge on any atom is -0.299 e. The molecule has 0 atom stereocenters. The Labute approximate surface area is 153 Å². The Morgan fingerprint density at radius 1 is 1.28 bits per heavy atom. The van der Waals surface area contributed by atoms with Gasteiger partial charge < -0.3 is 0 Å². The maximum Gasteiger partial charge on any atom is 0.253 e. The van der Waals surface area contributed by atoms with Crippen molar-refractivity contribution in [3.05, 3.63) is 44.5 Å². The molecule has 0 bridgehead atoms. The molecule has 0 aromatic carbocycles. The molecule has 1 saturated heterocycles. The van der Waals surface area contributed by atoms with Gasteiger partial charge in [-0.25, -0.2) is 9.97 Å². The number of aryl methyl sites for hydroxylation is 1. The lowest BCUT2D eigenvalue weighted by atomic mass is 9.92. The largest absolute Gasteiger partial charge is 0.299 e. The van der Waals surface area contributed by atoms with E-state index in [1.165, 1.54) is 5.69 Å². The van der Waals surface area contributed by atoms with Gasteiger partial charge in [0.2, 0.25) is 0 Å². The summed E-state index contributed by atoms with van der Waals surface area (Å²) in [7, 11) is 0. The molecule has 0 saturated carbocycles. The lowest BCUT2D eigenvalue weighted by Crippen LogP contribution is -2.36. The number of rotatable bonds is 4. The number of hydrogen-bond acceptors (Lipinski definition) is 5. The summed E-state index contributed by atoms with van der Waals surface area (Å²) in [6.07, 6.45) is 3.97. The summed E-state index contributed by atoms with van der Waals surface area (Å²) >= 11 is 1.72. The zero-order valence-corrected chi connectivity index (χ0v) is 16.5. The fourth-order valence-corrected chi connectivity index (χ4v) is 3.89. The molecule has 0 amide bonds. The summed E-state index contributed by atoms with van der Waals surface area (Å²) in [6, 6.07) is 1.69. The molecule has 1 aliphatic heterocycles. The van der Waals surface area contributed by atoms with Crippen molar-refractivity contribution in [3.63, 3.8) is 0 Å². The van der Waals surface area contributed by atoms with Crippen LogP contribution in [0.1, 0.15) is 50.0 Å². The van der Waals surface area contributed by atoms with E-state index < -0.39 is 0 Å². The molecule has 0 aliphatic carbocycles. The third-order valence-electron chi connectivity index (χ3n) is 4.86. The highest BCUT2D eigenvalue weighted by Crippen LogP contribution is 2.21. The predicted octanol–water partition coefficient (Wildman–Crippen LogP) is 3.22. The smallest absolute Gasteiger partial charge is 0.253 e. The Morgan fingerprint density at radius 2 is 2.00 bits per heavy atom. The lowest BCUT2D eigenvalue weighted by Gasteiger charge is -2.31. The first-order valence-corrected chi connectivity index (χ1v) is 9.89. The second-order valence-corrected chi connectivity index (χ2v) is 9.15. The molecular formula is C19H28N4OS. The quantitative estimate of drug-likeness (QED) is 0.840. The lowest BCUT2D eigenvalue weighted by molar-refractivity contribution is 0.165. The van der Waals surface area contributed by atoms with Crippen molar-refractivity contribution in [2.75, 3.05) is 13.1 Å². The van der Waals surface area contributed by atoms with Crippen LogP contribution >= 0.6 is 11.3 Å². The third kappa shape index (κ3) is 4.76. The van der Waals surface area contributed by atoms with Crippen molar-refractivity contribution in [1.82, 2.24) is 19.4 Å². The van der Waals surface area contributed by atoms with Gasteiger partial charge in [-0.1, -0.05) is 20.8 Å². The van der Waals surface area contributed by atoms with Crippen LogP contribution in [0.2, 0.25) is 0 Å². The van der Waals surface area contributed by atoms with Gasteiger partial charge in [-0.15, -0.1) is 11.3 Å². The van der Waals surface area contributed by atoms with Crippen LogP contribution < -0.4 is 5.56 Å². The number of likely N-dealkylation sites (tertiary alicyclic amines) is 1. The van der Waals surface area contributed by atoms with E-state index in [4.69, 9.17) is 0 Å². The van der Waals surface area contributed by atoms with Crippen LogP contribution in [0.15, 0.2) is 22.6 Å². The summed E-state index contributed by atoms with van der Waals surface area (Å²) in [4.78, 5) is 23.9. The molecule has 2 aromatic heterocycles. The normalized spacial score (nSPS) is 17.1. The Bertz CT molecular complexity index is 766. The van der Waals surface area contributed by atoms with E-state index in [0.717, 1.165) is 49.7 Å². The molecule has 1 fully saturated rings. The molecule has 136 valence electrons. The minimum absolute atomic E-state index is 0.0697. The van der Waals surface area contributed by atoms with Gasteiger partial charge >= 0.3 is 0 Å². The maximum absolute atomic E-state index is 12.4. The average Bonchev–Trinajstić information content (AvgIpc) is 2.95. The van der Waals surface area contributed by atoms with E-state index >= 15 is 0 Å². The first-order valence-electron chi connectivity index (χ1n) is 9.01. The van der Waals surface area contributed by atoms with Crippen LogP contribution in [-0.2, 0) is 18.5 Å². The Hall–Kier alpha value is -1.53. The molecule has 0 unspecified atom stereocenters. The molecule has 3 rings (SSSR count). The van der Waals surface area contributed by atoms with Crippen LogP contribution in [0.4, 0.5) is 0 Å². The fraction of sp³-hybridized carbons (Fsp3) is 0.632. The van der Waals surface area contributed by atoms with Gasteiger partial charge in [0, 0.05) is 30.0 Å². The average molecular weight is 361 g/mol. The standard InChI is InChI=1S/C19H28N4OS/c1-14-21-16(12-25-14)11-22-7-5-15(6-8-22)10-23-13-20-17(9-18(23)24)19(2,3)4/h9,12-13,15H,5-8,10-11H2,1-4H3. The molecular weight excluding hydrogens is 332 g/mol. The van der Waals surface area contributed by atoms with Crippen LogP contribution in [-0.4, -0.2) is 32.5 Å². The van der Waals surface area contributed by atoms with Gasteiger partial charge in [-0.3, -0.25) is 14.3 Å². The van der Waals surface area contributed by atoms with Gasteiger partial charge in [0.05, 0.1) is 22.7 Å². The first kappa shape index (κ1) is 18.3. The molecule has 0 spiro atoms. The van der Waals surface area contributed by atoms with Gasteiger partial charge in [0.15, 0.2) is 0 Å². The highest BCUT2D eigenvalue weighted by molar-refractivity contribution is 7.09. The molecule has 0 radical (unpaired) electrons. The number of nitrogens with zero attached hydrogens (tertiary/aromatic N) is 4. The number of hydrogen-bond donors (Lipinski definition) is 0. The van der Waals surface area contributed by atoms with Crippen molar-refractivity contribution in [1.29, 1.82) is 0 Å². The number of piperidine rings is 1. The maximum atomic E-state index is 12.4. The summed E-state index contributed by atoms with van der Waals surface area (Å²) in [5, 5.41) is 3.29. The molecule has 0 N–H and O–H groups in total. The molecule has 6 heteroatoms. The van der Waals surface area contributed by atoms with Crippen molar-refractivity contribution >= 4 is 11.3 Å². The zero-order chi connectivity index (χ0) is 18.0. The van der Waals surface area contributed by atoms with E-state index in [0.29, 0.717) is 5.92 Å². The summed E-state index contributed by atoms with van der Waals surface area (Å²) < 4.78 is 1.78. The van der Waals surface area contributed by atoms with E-state index in [2.05, 4.69) is 47.9 Å². The molecule has 25 heavy (non-hydrogen) atoms. The van der Waals surface area contributed by atoms with Crippen molar-refractivity contribution in [2.24, 2.45) is 5.92 Å². The van der Waals surface area contributed by atoms with E-state index in [1.54, 1.807) is 28.3 Å². The van der Waals surface area contributed by atoms with Crippen LogP contribution in [0.25, 0.3) is 0 Å². The predicted molar refractivity (Wildman–Crippen MR) is 102 cm³/mol. The zero-order valence-electron chi connectivity index (χ0n) is 15.7. The first-order chi connectivity index (χ1) is 11.8. The summed E-state index contributed by atoms with van der Waals surface area (Å²) in [5.41, 5.74) is 2.03. The Kier molecular flexibility index (Phi) is 5.39. The van der Waals surface area contributed by atoms with Gasteiger partial charge in [-0.05, 0) is 38.8 Å². The second kappa shape index (κ2) is 7.38. The van der Waals surface area contributed by atoms with E-state index in [1.807, 2.05) is 0 Å². The summed E-state index contributed by atoms with van der Waals surface area (Å²) in [5.74, 6) is 0.549. The highest BCUT2D eigenvalue weighted by Gasteiger charge is 2.21. The fourth-order valence-electron chi connectivity index (χ4n) is 3.29. The Morgan fingerprint density at radius 3 is 2.56 bits per heavy atom. The van der Waals surface area contributed by atoms with Gasteiger partial charge in [-0.2, -0.15) is 0 Å². The molecule has 5 nitrogen and oxygen atoms in total. The number of thiazole rings is 1. The molecule has 3 heterocycles. The third-order valence-corrected chi connectivity index (χ3v) is 5.68. The van der Waals surface area contributed by atoms with Crippen molar-refractivity contribution < 1.29 is 0 Å².